The number of nitrogens with zero attached hydrogens (tertiary/aromatic N) is 3. The highest BCUT2D eigenvalue weighted by molar-refractivity contribution is 7.98. The van der Waals surface area contributed by atoms with Crippen molar-refractivity contribution in [2.45, 2.75) is 17.8 Å². The molecule has 2 aromatic rings. The second-order valence-electron chi connectivity index (χ2n) is 4.21. The fourth-order valence-corrected chi connectivity index (χ4v) is 2.59. The number of methoxy groups -OCH3 is 1. The SMILES string of the molecule is CON=C(C)c1ccc(OC)c(CSc2ncccn2)c1. The molecule has 0 radical (unpaired) electrons. The predicted molar refractivity (Wildman–Crippen MR) is 83.8 cm³/mol. The molecule has 6 heteroatoms. The summed E-state index contributed by atoms with van der Waals surface area (Å²) in [5, 5.41) is 4.70. The zero-order valence-corrected chi connectivity index (χ0v) is 13.1. The first-order valence-electron chi connectivity index (χ1n) is 6.39. The average Bonchev–Trinajstić information content (AvgIpc) is 2.54. The molecule has 0 N–H and O–H groups in total. The molecule has 0 atom stereocenters. The smallest absolute Gasteiger partial charge is 0.187 e. The van der Waals surface area contributed by atoms with E-state index in [1.807, 2.05) is 25.1 Å². The van der Waals surface area contributed by atoms with Crippen LogP contribution in [-0.4, -0.2) is 29.9 Å². The summed E-state index contributed by atoms with van der Waals surface area (Å²) in [6.07, 6.45) is 3.47. The molecule has 110 valence electrons. The van der Waals surface area contributed by atoms with Gasteiger partial charge in [-0.05, 0) is 36.8 Å². The summed E-state index contributed by atoms with van der Waals surface area (Å²) in [6.45, 7) is 1.91. The topological polar surface area (TPSA) is 56.6 Å². The molecule has 0 amide bonds. The van der Waals surface area contributed by atoms with Crippen LogP contribution in [0, 0.1) is 0 Å². The summed E-state index contributed by atoms with van der Waals surface area (Å²) < 4.78 is 5.40. The van der Waals surface area contributed by atoms with Crippen molar-refractivity contribution in [2.24, 2.45) is 5.16 Å². The lowest BCUT2D eigenvalue weighted by Crippen LogP contribution is -1.99. The van der Waals surface area contributed by atoms with E-state index >= 15 is 0 Å². The molecule has 0 aliphatic carbocycles. The van der Waals surface area contributed by atoms with Crippen molar-refractivity contribution in [2.75, 3.05) is 14.2 Å². The molecule has 0 saturated heterocycles. The molecule has 0 unspecified atom stereocenters. The van der Waals surface area contributed by atoms with Crippen molar-refractivity contribution in [3.05, 3.63) is 47.8 Å². The highest BCUT2D eigenvalue weighted by atomic mass is 32.2. The minimum Gasteiger partial charge on any atom is -0.496 e. The standard InChI is InChI=1S/C15H17N3O2S/c1-11(18-20-3)12-5-6-14(19-2)13(9-12)10-21-15-16-7-4-8-17-15/h4-9H,10H2,1-3H3. The van der Waals surface area contributed by atoms with Crippen LogP contribution in [0.5, 0.6) is 5.75 Å². The lowest BCUT2D eigenvalue weighted by Gasteiger charge is -2.10. The van der Waals surface area contributed by atoms with Crippen LogP contribution in [-0.2, 0) is 10.6 Å². The van der Waals surface area contributed by atoms with Crippen molar-refractivity contribution < 1.29 is 9.57 Å². The zero-order chi connectivity index (χ0) is 15.1. The van der Waals surface area contributed by atoms with E-state index in [0.717, 1.165) is 33.5 Å². The van der Waals surface area contributed by atoms with Gasteiger partial charge in [0.05, 0.1) is 12.8 Å². The van der Waals surface area contributed by atoms with Gasteiger partial charge in [0, 0.05) is 23.7 Å². The van der Waals surface area contributed by atoms with Gasteiger partial charge in [-0.25, -0.2) is 9.97 Å². The predicted octanol–water partition coefficient (Wildman–Crippen LogP) is 3.15. The fraction of sp³-hybridized carbons (Fsp3) is 0.267. The lowest BCUT2D eigenvalue weighted by atomic mass is 10.1. The normalized spacial score (nSPS) is 11.3. The first-order chi connectivity index (χ1) is 10.2. The van der Waals surface area contributed by atoms with Gasteiger partial charge in [-0.15, -0.1) is 0 Å². The number of thioether (sulfide) groups is 1. The number of ether oxygens (including phenoxy) is 1. The molecule has 1 heterocycles. The largest absolute Gasteiger partial charge is 0.496 e. The molecule has 2 rings (SSSR count). The molecule has 0 spiro atoms. The van der Waals surface area contributed by atoms with Crippen molar-refractivity contribution in [3.63, 3.8) is 0 Å². The summed E-state index contributed by atoms with van der Waals surface area (Å²) in [5.74, 6) is 1.56. The van der Waals surface area contributed by atoms with Gasteiger partial charge in [-0.2, -0.15) is 0 Å². The number of oxime groups is 1. The first kappa shape index (κ1) is 15.3. The number of hydrogen-bond donors (Lipinski definition) is 0. The number of rotatable bonds is 6. The summed E-state index contributed by atoms with van der Waals surface area (Å²) in [5.41, 5.74) is 2.89. The number of benzene rings is 1. The molecular formula is C15H17N3O2S. The van der Waals surface area contributed by atoms with Crippen LogP contribution in [0.3, 0.4) is 0 Å². The maximum atomic E-state index is 5.40. The van der Waals surface area contributed by atoms with Crippen molar-refractivity contribution >= 4 is 17.5 Å². The van der Waals surface area contributed by atoms with Gasteiger partial charge >= 0.3 is 0 Å². The van der Waals surface area contributed by atoms with Crippen LogP contribution in [0.1, 0.15) is 18.1 Å². The van der Waals surface area contributed by atoms with Gasteiger partial charge < -0.3 is 9.57 Å². The van der Waals surface area contributed by atoms with Crippen LogP contribution in [0.25, 0.3) is 0 Å². The summed E-state index contributed by atoms with van der Waals surface area (Å²) in [6, 6.07) is 7.75. The number of hydrogen-bond acceptors (Lipinski definition) is 6. The van der Waals surface area contributed by atoms with E-state index in [2.05, 4.69) is 15.1 Å². The second-order valence-corrected chi connectivity index (χ2v) is 5.15. The number of aromatic nitrogens is 2. The Labute approximate surface area is 128 Å². The van der Waals surface area contributed by atoms with Crippen LogP contribution >= 0.6 is 11.8 Å². The van der Waals surface area contributed by atoms with E-state index in [1.54, 1.807) is 37.3 Å². The highest BCUT2D eigenvalue weighted by Crippen LogP contribution is 2.27. The average molecular weight is 303 g/mol. The van der Waals surface area contributed by atoms with Crippen LogP contribution in [0.15, 0.2) is 47.0 Å². The van der Waals surface area contributed by atoms with E-state index in [-0.39, 0.29) is 0 Å². The molecule has 0 aliphatic heterocycles. The van der Waals surface area contributed by atoms with Crippen molar-refractivity contribution in [1.29, 1.82) is 0 Å². The van der Waals surface area contributed by atoms with E-state index in [9.17, 15) is 0 Å². The Hall–Kier alpha value is -2.08. The molecule has 1 aromatic heterocycles. The maximum absolute atomic E-state index is 5.40. The van der Waals surface area contributed by atoms with Gasteiger partial charge in [0.1, 0.15) is 12.9 Å². The Morgan fingerprint density at radius 3 is 2.67 bits per heavy atom. The van der Waals surface area contributed by atoms with Gasteiger partial charge in [0.2, 0.25) is 0 Å². The van der Waals surface area contributed by atoms with E-state index in [1.165, 1.54) is 7.11 Å². The second kappa shape index (κ2) is 7.64. The summed E-state index contributed by atoms with van der Waals surface area (Å²) >= 11 is 1.56. The highest BCUT2D eigenvalue weighted by Gasteiger charge is 2.08. The third-order valence-corrected chi connectivity index (χ3v) is 3.75. The van der Waals surface area contributed by atoms with Crippen molar-refractivity contribution in [3.8, 4) is 5.75 Å². The minimum absolute atomic E-state index is 0.724. The van der Waals surface area contributed by atoms with Crippen LogP contribution < -0.4 is 4.74 Å². The van der Waals surface area contributed by atoms with E-state index < -0.39 is 0 Å². The Bertz CT molecular complexity index is 618. The third kappa shape index (κ3) is 4.19. The Morgan fingerprint density at radius 1 is 1.24 bits per heavy atom. The van der Waals surface area contributed by atoms with Crippen LogP contribution in [0.4, 0.5) is 0 Å². The third-order valence-electron chi connectivity index (χ3n) is 2.83. The fourth-order valence-electron chi connectivity index (χ4n) is 1.81. The molecule has 1 aromatic carbocycles. The molecule has 21 heavy (non-hydrogen) atoms. The minimum atomic E-state index is 0.724. The van der Waals surface area contributed by atoms with Gasteiger partial charge in [0.15, 0.2) is 5.16 Å². The summed E-state index contributed by atoms with van der Waals surface area (Å²) in [7, 11) is 3.20. The van der Waals surface area contributed by atoms with Crippen molar-refractivity contribution in [1.82, 2.24) is 9.97 Å². The molecule has 0 aliphatic rings. The summed E-state index contributed by atoms with van der Waals surface area (Å²) in [4.78, 5) is 13.2. The quantitative estimate of drug-likeness (QED) is 0.355. The molecule has 0 fully saturated rings. The Kier molecular flexibility index (Phi) is 5.57. The lowest BCUT2D eigenvalue weighted by molar-refractivity contribution is 0.213. The van der Waals surface area contributed by atoms with Gasteiger partial charge in [0.25, 0.3) is 0 Å². The van der Waals surface area contributed by atoms with Crippen LogP contribution in [0.2, 0.25) is 0 Å². The molecular weight excluding hydrogens is 286 g/mol. The molecule has 0 saturated carbocycles. The monoisotopic (exact) mass is 303 g/mol. The Balaban J connectivity index is 2.20. The van der Waals surface area contributed by atoms with E-state index in [4.69, 9.17) is 9.57 Å². The zero-order valence-electron chi connectivity index (χ0n) is 12.2. The maximum Gasteiger partial charge on any atom is 0.187 e. The van der Waals surface area contributed by atoms with Gasteiger partial charge in [-0.1, -0.05) is 16.9 Å². The molecule has 0 bridgehead atoms. The van der Waals surface area contributed by atoms with E-state index in [0.29, 0.717) is 0 Å². The molecule has 5 nitrogen and oxygen atoms in total. The first-order valence-corrected chi connectivity index (χ1v) is 7.38. The van der Waals surface area contributed by atoms with Gasteiger partial charge in [-0.3, -0.25) is 0 Å². The Morgan fingerprint density at radius 2 is 2.00 bits per heavy atom.